The predicted octanol–water partition coefficient (Wildman–Crippen LogP) is 5.20. The van der Waals surface area contributed by atoms with Crippen LogP contribution in [0.3, 0.4) is 0 Å². The van der Waals surface area contributed by atoms with E-state index in [0.717, 1.165) is 15.6 Å². The minimum Gasteiger partial charge on any atom is -0.444 e. The fraction of sp³-hybridized carbons (Fsp3) is 0.444. The van der Waals surface area contributed by atoms with Crippen LogP contribution in [0.5, 0.6) is 0 Å². The van der Waals surface area contributed by atoms with E-state index in [1.54, 1.807) is 20.8 Å². The fourth-order valence-corrected chi connectivity index (χ4v) is 3.05. The molecule has 2 aromatic rings. The number of amides is 1. The Morgan fingerprint density at radius 3 is 2.50 bits per heavy atom. The molecule has 28 heavy (non-hydrogen) atoms. The Hall–Kier alpha value is -2.29. The first-order valence-electron chi connectivity index (χ1n) is 8.43. The zero-order chi connectivity index (χ0) is 20.9. The second-order valence-corrected chi connectivity index (χ2v) is 7.92. The van der Waals surface area contributed by atoms with Crippen molar-refractivity contribution in [1.29, 1.82) is 0 Å². The third-order valence-corrected chi connectivity index (χ3v) is 4.39. The molecule has 0 N–H and O–H groups in total. The van der Waals surface area contributed by atoms with E-state index in [4.69, 9.17) is 16.3 Å². The Balaban J connectivity index is 1.98. The molecule has 1 amide bonds. The van der Waals surface area contributed by atoms with Gasteiger partial charge < -0.3 is 4.74 Å². The minimum absolute atomic E-state index is 0.0938. The number of rotatable bonds is 1. The lowest BCUT2D eigenvalue weighted by Gasteiger charge is -2.35. The van der Waals surface area contributed by atoms with Gasteiger partial charge in [0.1, 0.15) is 11.4 Å². The van der Waals surface area contributed by atoms with Gasteiger partial charge in [0.15, 0.2) is 6.04 Å². The molecular formula is C18H18ClF4N3O2. The van der Waals surface area contributed by atoms with Crippen molar-refractivity contribution in [1.82, 2.24) is 14.7 Å². The smallest absolute Gasteiger partial charge is 0.412 e. The molecule has 0 radical (unpaired) electrons. The molecule has 3 rings (SSSR count). The molecule has 1 aromatic heterocycles. The van der Waals surface area contributed by atoms with Crippen molar-refractivity contribution in [2.75, 3.05) is 6.54 Å². The Kier molecular flexibility index (Phi) is 5.07. The maximum absolute atomic E-state index is 13.6. The van der Waals surface area contributed by atoms with Gasteiger partial charge in [-0.05, 0) is 45.0 Å². The van der Waals surface area contributed by atoms with Crippen molar-refractivity contribution >= 4 is 17.7 Å². The van der Waals surface area contributed by atoms with Crippen LogP contribution in [0, 0.1) is 5.82 Å². The van der Waals surface area contributed by atoms with Gasteiger partial charge >= 0.3 is 12.3 Å². The van der Waals surface area contributed by atoms with Gasteiger partial charge in [0.25, 0.3) is 0 Å². The number of ether oxygens (including phenoxy) is 1. The Morgan fingerprint density at radius 1 is 1.25 bits per heavy atom. The number of fused-ring (bicyclic) bond motifs is 1. The molecule has 0 bridgehead atoms. The van der Waals surface area contributed by atoms with Crippen molar-refractivity contribution in [2.24, 2.45) is 0 Å². The molecule has 2 heterocycles. The molecule has 5 nitrogen and oxygen atoms in total. The average molecular weight is 420 g/mol. The molecule has 0 aliphatic carbocycles. The Bertz CT molecular complexity index is 905. The largest absolute Gasteiger partial charge is 0.444 e. The summed E-state index contributed by atoms with van der Waals surface area (Å²) in [5, 5.41) is 3.88. The van der Waals surface area contributed by atoms with Gasteiger partial charge in [0.05, 0.1) is 29.5 Å². The van der Waals surface area contributed by atoms with Crippen LogP contribution in [0.1, 0.15) is 32.5 Å². The quantitative estimate of drug-likeness (QED) is 0.597. The number of hydrogen-bond donors (Lipinski definition) is 0. The number of carbonyl (C=O) groups is 1. The van der Waals surface area contributed by atoms with Crippen LogP contribution in [0.15, 0.2) is 24.3 Å². The summed E-state index contributed by atoms with van der Waals surface area (Å²) in [4.78, 5) is 13.3. The molecule has 1 aliphatic heterocycles. The number of halogens is 5. The average Bonchev–Trinajstić information content (AvgIpc) is 2.97. The molecule has 152 valence electrons. The van der Waals surface area contributed by atoms with Gasteiger partial charge in [0, 0.05) is 5.56 Å². The van der Waals surface area contributed by atoms with Crippen LogP contribution in [0.25, 0.3) is 11.3 Å². The van der Waals surface area contributed by atoms with Gasteiger partial charge in [-0.15, -0.1) is 0 Å². The van der Waals surface area contributed by atoms with Gasteiger partial charge in [-0.25, -0.2) is 9.18 Å². The number of carbonyl (C=O) groups excluding carboxylic acids is 1. The molecule has 0 saturated carbocycles. The second-order valence-electron chi connectivity index (χ2n) is 7.51. The van der Waals surface area contributed by atoms with E-state index in [1.807, 2.05) is 0 Å². The van der Waals surface area contributed by atoms with Crippen molar-refractivity contribution in [3.05, 3.63) is 40.8 Å². The minimum atomic E-state index is -4.63. The van der Waals surface area contributed by atoms with E-state index >= 15 is 0 Å². The molecule has 0 spiro atoms. The number of hydrogen-bond acceptors (Lipinski definition) is 3. The maximum Gasteiger partial charge on any atom is 0.412 e. The van der Waals surface area contributed by atoms with Crippen molar-refractivity contribution in [3.8, 4) is 11.3 Å². The highest BCUT2D eigenvalue weighted by atomic mass is 35.5. The number of aromatic nitrogens is 2. The molecular weight excluding hydrogens is 402 g/mol. The summed E-state index contributed by atoms with van der Waals surface area (Å²) >= 11 is 5.76. The highest BCUT2D eigenvalue weighted by molar-refractivity contribution is 6.31. The van der Waals surface area contributed by atoms with Gasteiger partial charge in [-0.3, -0.25) is 9.58 Å². The highest BCUT2D eigenvalue weighted by Crippen LogP contribution is 2.37. The van der Waals surface area contributed by atoms with E-state index in [2.05, 4.69) is 5.10 Å². The molecule has 10 heteroatoms. The number of alkyl halides is 3. The van der Waals surface area contributed by atoms with Crippen LogP contribution in [0.4, 0.5) is 22.4 Å². The van der Waals surface area contributed by atoms with Gasteiger partial charge in [-0.1, -0.05) is 11.6 Å². The van der Waals surface area contributed by atoms with E-state index in [1.165, 1.54) is 18.2 Å². The van der Waals surface area contributed by atoms with E-state index < -0.39 is 36.3 Å². The lowest BCUT2D eigenvalue weighted by Crippen LogP contribution is -2.47. The molecule has 1 atom stereocenters. The number of benzene rings is 1. The fourth-order valence-electron chi connectivity index (χ4n) is 2.87. The summed E-state index contributed by atoms with van der Waals surface area (Å²) in [6, 6.07) is 3.19. The van der Waals surface area contributed by atoms with Crippen LogP contribution in [-0.4, -0.2) is 39.1 Å². The van der Waals surface area contributed by atoms with Crippen molar-refractivity contribution in [3.63, 3.8) is 0 Å². The summed E-state index contributed by atoms with van der Waals surface area (Å²) in [6.45, 7) is 4.20. The van der Waals surface area contributed by atoms with Crippen molar-refractivity contribution in [2.45, 2.75) is 45.1 Å². The molecule has 1 aliphatic rings. The van der Waals surface area contributed by atoms with E-state index in [0.29, 0.717) is 5.56 Å². The van der Waals surface area contributed by atoms with Crippen LogP contribution in [0.2, 0.25) is 5.02 Å². The third kappa shape index (κ3) is 4.24. The van der Waals surface area contributed by atoms with Gasteiger partial charge in [-0.2, -0.15) is 18.3 Å². The SMILES string of the molecule is CC(C)(C)OC(=O)N1Cc2cc(-c3ccc(F)c(Cl)c3)nn2C(C(F)(F)F)C1. The van der Waals surface area contributed by atoms with Crippen LogP contribution in [-0.2, 0) is 11.3 Å². The van der Waals surface area contributed by atoms with Crippen LogP contribution >= 0.6 is 11.6 Å². The Labute approximate surface area is 163 Å². The molecule has 0 fully saturated rings. The maximum atomic E-state index is 13.6. The summed E-state index contributed by atoms with van der Waals surface area (Å²) in [5.41, 5.74) is -0.0662. The zero-order valence-electron chi connectivity index (χ0n) is 15.3. The lowest BCUT2D eigenvalue weighted by atomic mass is 10.1. The first-order chi connectivity index (χ1) is 12.8. The van der Waals surface area contributed by atoms with Crippen molar-refractivity contribution < 1.29 is 27.1 Å². The van der Waals surface area contributed by atoms with E-state index in [-0.39, 0.29) is 23.0 Å². The predicted molar refractivity (Wildman–Crippen MR) is 94.4 cm³/mol. The third-order valence-electron chi connectivity index (χ3n) is 4.10. The number of nitrogens with zero attached hydrogens (tertiary/aromatic N) is 3. The zero-order valence-corrected chi connectivity index (χ0v) is 16.1. The Morgan fingerprint density at radius 2 is 1.93 bits per heavy atom. The highest BCUT2D eigenvalue weighted by Gasteiger charge is 2.47. The second kappa shape index (κ2) is 6.95. The molecule has 0 saturated heterocycles. The summed E-state index contributed by atoms with van der Waals surface area (Å²) < 4.78 is 60.3. The van der Waals surface area contributed by atoms with Crippen LogP contribution < -0.4 is 0 Å². The summed E-state index contributed by atoms with van der Waals surface area (Å²) in [6.07, 6.45) is -5.46. The summed E-state index contributed by atoms with van der Waals surface area (Å²) in [5.74, 6) is -0.640. The first-order valence-corrected chi connectivity index (χ1v) is 8.81. The first kappa shape index (κ1) is 20.4. The monoisotopic (exact) mass is 419 g/mol. The topological polar surface area (TPSA) is 47.4 Å². The lowest BCUT2D eigenvalue weighted by molar-refractivity contribution is -0.178. The molecule has 1 unspecified atom stereocenters. The standard InChI is InChI=1S/C18H18ClF4N3O2/c1-17(2,3)28-16(27)25-8-11-7-14(10-4-5-13(20)12(19)6-10)24-26(11)15(9-25)18(21,22)23/h4-7,15H,8-9H2,1-3H3. The normalized spacial score (nSPS) is 17.4. The van der Waals surface area contributed by atoms with Gasteiger partial charge in [0.2, 0.25) is 0 Å². The molecule has 1 aromatic carbocycles. The summed E-state index contributed by atoms with van der Waals surface area (Å²) in [7, 11) is 0. The van der Waals surface area contributed by atoms with E-state index in [9.17, 15) is 22.4 Å².